The lowest BCUT2D eigenvalue weighted by Gasteiger charge is -2.15. The van der Waals surface area contributed by atoms with Gasteiger partial charge in [0.05, 0.1) is 12.7 Å². The van der Waals surface area contributed by atoms with Gasteiger partial charge in [-0.05, 0) is 54.0 Å². The zero-order chi connectivity index (χ0) is 19.4. The van der Waals surface area contributed by atoms with E-state index in [-0.39, 0.29) is 17.8 Å². The van der Waals surface area contributed by atoms with E-state index in [9.17, 15) is 14.4 Å². The van der Waals surface area contributed by atoms with Crippen LogP contribution < -0.4 is 10.2 Å². The van der Waals surface area contributed by atoms with Gasteiger partial charge in [-0.15, -0.1) is 0 Å². The number of fused-ring (bicyclic) bond motifs is 1. The first-order chi connectivity index (χ1) is 13.0. The van der Waals surface area contributed by atoms with Gasteiger partial charge in [-0.3, -0.25) is 9.59 Å². The summed E-state index contributed by atoms with van der Waals surface area (Å²) in [7, 11) is 1.35. The third-order valence-electron chi connectivity index (χ3n) is 4.31. The van der Waals surface area contributed by atoms with E-state index in [4.69, 9.17) is 4.74 Å². The Morgan fingerprint density at radius 1 is 1.11 bits per heavy atom. The van der Waals surface area contributed by atoms with Crippen LogP contribution in [0.4, 0.5) is 11.4 Å². The van der Waals surface area contributed by atoms with Crippen molar-refractivity contribution in [2.24, 2.45) is 0 Å². The van der Waals surface area contributed by atoms with Crippen molar-refractivity contribution >= 4 is 35.2 Å². The molecule has 0 fully saturated rings. The lowest BCUT2D eigenvalue weighted by atomic mass is 10.1. The third-order valence-corrected chi connectivity index (χ3v) is 4.31. The summed E-state index contributed by atoms with van der Waals surface area (Å²) in [6.07, 6.45) is 3.96. The molecule has 0 atom stereocenters. The SMILES string of the molecule is COC(=O)c1ccc2c(c1)CCN2C(=O)/C=C/c1ccc(NC(C)=O)cc1. The van der Waals surface area contributed by atoms with Crippen molar-refractivity contribution in [1.82, 2.24) is 0 Å². The number of esters is 1. The molecule has 6 nitrogen and oxygen atoms in total. The molecule has 6 heteroatoms. The Kier molecular flexibility index (Phi) is 5.35. The minimum absolute atomic E-state index is 0.120. The fourth-order valence-electron chi connectivity index (χ4n) is 3.01. The van der Waals surface area contributed by atoms with E-state index in [2.05, 4.69) is 5.32 Å². The number of benzene rings is 2. The summed E-state index contributed by atoms with van der Waals surface area (Å²) < 4.78 is 4.73. The van der Waals surface area contributed by atoms with Crippen LogP contribution in [0, 0.1) is 0 Å². The number of methoxy groups -OCH3 is 1. The standard InChI is InChI=1S/C21H20N2O4/c1-14(24)22-18-7-3-15(4-8-18)5-10-20(25)23-12-11-16-13-17(21(26)27-2)6-9-19(16)23/h3-10,13H,11-12H2,1-2H3,(H,22,24)/b10-5+. The van der Waals surface area contributed by atoms with E-state index in [0.29, 0.717) is 24.2 Å². The number of carbonyl (C=O) groups is 3. The van der Waals surface area contributed by atoms with Crippen molar-refractivity contribution in [2.45, 2.75) is 13.3 Å². The summed E-state index contributed by atoms with van der Waals surface area (Å²) >= 11 is 0. The first kappa shape index (κ1) is 18.4. The molecule has 2 amide bonds. The number of nitrogens with zero attached hydrogens (tertiary/aromatic N) is 1. The molecular formula is C21H20N2O4. The molecule has 138 valence electrons. The number of ether oxygens (including phenoxy) is 1. The Labute approximate surface area is 157 Å². The number of hydrogen-bond acceptors (Lipinski definition) is 4. The maximum Gasteiger partial charge on any atom is 0.337 e. The van der Waals surface area contributed by atoms with Crippen molar-refractivity contribution in [3.05, 3.63) is 65.2 Å². The maximum atomic E-state index is 12.6. The van der Waals surface area contributed by atoms with Crippen LogP contribution in [-0.4, -0.2) is 31.4 Å². The molecule has 0 aliphatic carbocycles. The Hall–Kier alpha value is -3.41. The van der Waals surface area contributed by atoms with Gasteiger partial charge in [-0.2, -0.15) is 0 Å². The topological polar surface area (TPSA) is 75.7 Å². The molecule has 1 aliphatic rings. The average Bonchev–Trinajstić information content (AvgIpc) is 3.09. The van der Waals surface area contributed by atoms with E-state index >= 15 is 0 Å². The highest BCUT2D eigenvalue weighted by Crippen LogP contribution is 2.29. The number of hydrogen-bond donors (Lipinski definition) is 1. The minimum atomic E-state index is -0.384. The van der Waals surface area contributed by atoms with Crippen molar-refractivity contribution in [3.63, 3.8) is 0 Å². The second kappa shape index (κ2) is 7.86. The monoisotopic (exact) mass is 364 g/mol. The van der Waals surface area contributed by atoms with E-state index in [1.165, 1.54) is 20.1 Å². The summed E-state index contributed by atoms with van der Waals surface area (Å²) in [5.74, 6) is -0.632. The molecule has 2 aromatic rings. The largest absolute Gasteiger partial charge is 0.465 e. The maximum absolute atomic E-state index is 12.6. The van der Waals surface area contributed by atoms with Crippen LogP contribution in [-0.2, 0) is 20.7 Å². The molecule has 0 radical (unpaired) electrons. The first-order valence-corrected chi connectivity index (χ1v) is 8.56. The number of amides is 2. The molecule has 1 aliphatic heterocycles. The van der Waals surface area contributed by atoms with Gasteiger partial charge >= 0.3 is 5.97 Å². The first-order valence-electron chi connectivity index (χ1n) is 8.56. The van der Waals surface area contributed by atoms with Gasteiger partial charge in [0.2, 0.25) is 5.91 Å². The summed E-state index contributed by atoms with van der Waals surface area (Å²) in [4.78, 5) is 36.9. The third kappa shape index (κ3) is 4.23. The van der Waals surface area contributed by atoms with Gasteiger partial charge in [0.1, 0.15) is 0 Å². The van der Waals surface area contributed by atoms with Crippen LogP contribution >= 0.6 is 0 Å². The van der Waals surface area contributed by atoms with Gasteiger partial charge < -0.3 is 15.0 Å². The number of nitrogens with one attached hydrogen (secondary N) is 1. The Morgan fingerprint density at radius 2 is 1.85 bits per heavy atom. The van der Waals surface area contributed by atoms with E-state index in [0.717, 1.165) is 16.8 Å². The molecule has 1 heterocycles. The van der Waals surface area contributed by atoms with Crippen LogP contribution in [0.15, 0.2) is 48.5 Å². The van der Waals surface area contributed by atoms with Crippen LogP contribution in [0.2, 0.25) is 0 Å². The van der Waals surface area contributed by atoms with Crippen LogP contribution in [0.3, 0.4) is 0 Å². The van der Waals surface area contributed by atoms with Gasteiger partial charge in [0.15, 0.2) is 0 Å². The van der Waals surface area contributed by atoms with Gasteiger partial charge in [0, 0.05) is 30.9 Å². The molecule has 1 N–H and O–H groups in total. The summed E-state index contributed by atoms with van der Waals surface area (Å²) in [5.41, 5.74) is 3.83. The summed E-state index contributed by atoms with van der Waals surface area (Å²) in [5, 5.41) is 2.70. The van der Waals surface area contributed by atoms with Crippen molar-refractivity contribution in [2.75, 3.05) is 23.9 Å². The quantitative estimate of drug-likeness (QED) is 0.668. The Bertz CT molecular complexity index is 916. The number of anilines is 2. The van der Waals surface area contributed by atoms with Crippen LogP contribution in [0.5, 0.6) is 0 Å². The van der Waals surface area contributed by atoms with E-state index in [1.54, 1.807) is 41.3 Å². The second-order valence-electron chi connectivity index (χ2n) is 6.21. The minimum Gasteiger partial charge on any atom is -0.465 e. The molecule has 2 aromatic carbocycles. The average molecular weight is 364 g/mol. The molecule has 3 rings (SSSR count). The molecule has 0 saturated carbocycles. The van der Waals surface area contributed by atoms with E-state index < -0.39 is 0 Å². The molecule has 27 heavy (non-hydrogen) atoms. The summed E-state index contributed by atoms with van der Waals surface area (Å²) in [6.45, 7) is 2.03. The Morgan fingerprint density at radius 3 is 2.52 bits per heavy atom. The number of rotatable bonds is 4. The van der Waals surface area contributed by atoms with Gasteiger partial charge in [-0.25, -0.2) is 4.79 Å². The number of carbonyl (C=O) groups excluding carboxylic acids is 3. The predicted octanol–water partition coefficient (Wildman–Crippen LogP) is 3.03. The van der Waals surface area contributed by atoms with Crippen molar-refractivity contribution in [1.29, 1.82) is 0 Å². The second-order valence-corrected chi connectivity index (χ2v) is 6.21. The zero-order valence-corrected chi connectivity index (χ0v) is 15.2. The summed E-state index contributed by atoms with van der Waals surface area (Å²) in [6, 6.07) is 12.4. The Balaban J connectivity index is 1.70. The van der Waals surface area contributed by atoms with Crippen LogP contribution in [0.25, 0.3) is 6.08 Å². The molecule has 0 spiro atoms. The van der Waals surface area contributed by atoms with E-state index in [1.807, 2.05) is 12.1 Å². The lowest BCUT2D eigenvalue weighted by molar-refractivity contribution is -0.114. The molecule has 0 saturated heterocycles. The molecule has 0 unspecified atom stereocenters. The fraction of sp³-hybridized carbons (Fsp3) is 0.190. The predicted molar refractivity (Wildman–Crippen MR) is 104 cm³/mol. The highest BCUT2D eigenvalue weighted by Gasteiger charge is 2.24. The van der Waals surface area contributed by atoms with Crippen LogP contribution in [0.1, 0.15) is 28.4 Å². The van der Waals surface area contributed by atoms with Crippen molar-refractivity contribution in [3.8, 4) is 0 Å². The molecule has 0 aromatic heterocycles. The molecule has 0 bridgehead atoms. The molecular weight excluding hydrogens is 344 g/mol. The fourth-order valence-corrected chi connectivity index (χ4v) is 3.01. The van der Waals surface area contributed by atoms with Crippen molar-refractivity contribution < 1.29 is 19.1 Å². The smallest absolute Gasteiger partial charge is 0.337 e. The lowest BCUT2D eigenvalue weighted by Crippen LogP contribution is -2.26. The zero-order valence-electron chi connectivity index (χ0n) is 15.2. The normalized spacial score (nSPS) is 12.7. The van der Waals surface area contributed by atoms with Gasteiger partial charge in [-0.1, -0.05) is 12.1 Å². The highest BCUT2D eigenvalue weighted by atomic mass is 16.5. The highest BCUT2D eigenvalue weighted by molar-refractivity contribution is 6.05. The van der Waals surface area contributed by atoms with Gasteiger partial charge in [0.25, 0.3) is 5.91 Å².